The number of aliphatic imine (C=N–C) groups is 1. The van der Waals surface area contributed by atoms with Crippen molar-refractivity contribution in [3.05, 3.63) is 35.6 Å². The van der Waals surface area contributed by atoms with Gasteiger partial charge in [0.05, 0.1) is 6.54 Å². The summed E-state index contributed by atoms with van der Waals surface area (Å²) in [6.45, 7) is 9.61. The average molecular weight is 379 g/mol. The number of nitrogens with one attached hydrogen (secondary N) is 2. The molecular formula is C14H23FIN3. The first-order valence-corrected chi connectivity index (χ1v) is 6.21. The number of benzene rings is 1. The van der Waals surface area contributed by atoms with Crippen LogP contribution >= 0.6 is 24.0 Å². The average Bonchev–Trinajstić information content (AvgIpc) is 2.26. The third kappa shape index (κ3) is 8.02. The van der Waals surface area contributed by atoms with Crippen LogP contribution < -0.4 is 10.6 Å². The van der Waals surface area contributed by atoms with Gasteiger partial charge in [0.2, 0.25) is 0 Å². The largest absolute Gasteiger partial charge is 0.357 e. The molecule has 0 aliphatic carbocycles. The molecule has 0 amide bonds. The third-order valence-electron chi connectivity index (χ3n) is 2.17. The van der Waals surface area contributed by atoms with Gasteiger partial charge in [-0.3, -0.25) is 0 Å². The molecule has 0 radical (unpaired) electrons. The summed E-state index contributed by atoms with van der Waals surface area (Å²) in [6.07, 6.45) is 0. The van der Waals surface area contributed by atoms with Gasteiger partial charge in [-0.2, -0.15) is 0 Å². The first-order valence-electron chi connectivity index (χ1n) is 6.21. The number of nitrogens with zero attached hydrogens (tertiary/aromatic N) is 1. The predicted molar refractivity (Wildman–Crippen MR) is 89.5 cm³/mol. The van der Waals surface area contributed by atoms with Gasteiger partial charge in [-0.1, -0.05) is 12.1 Å². The van der Waals surface area contributed by atoms with Gasteiger partial charge in [0.1, 0.15) is 5.82 Å². The zero-order valence-corrected chi connectivity index (χ0v) is 14.3. The Morgan fingerprint density at radius 2 is 1.79 bits per heavy atom. The highest BCUT2D eigenvalue weighted by Gasteiger charge is 2.11. The first-order chi connectivity index (χ1) is 8.40. The smallest absolute Gasteiger partial charge is 0.191 e. The molecule has 0 unspecified atom stereocenters. The van der Waals surface area contributed by atoms with Crippen LogP contribution in [0.2, 0.25) is 0 Å². The first kappa shape index (κ1) is 18.1. The van der Waals surface area contributed by atoms with Crippen LogP contribution in [0.15, 0.2) is 29.3 Å². The van der Waals surface area contributed by atoms with Crippen molar-refractivity contribution in [1.82, 2.24) is 10.6 Å². The van der Waals surface area contributed by atoms with Crippen molar-refractivity contribution in [2.24, 2.45) is 4.99 Å². The molecule has 0 aliphatic rings. The standard InChI is InChI=1S/C14H22FN3.HI/c1-5-16-13(18-14(2,3)4)17-10-11-6-8-12(15)9-7-11;/h6-9H,5,10H2,1-4H3,(H2,16,17,18);1H. The molecule has 5 heteroatoms. The van der Waals surface area contributed by atoms with Crippen LogP contribution in [0.1, 0.15) is 33.3 Å². The van der Waals surface area contributed by atoms with Gasteiger partial charge in [0, 0.05) is 12.1 Å². The zero-order chi connectivity index (χ0) is 13.6. The van der Waals surface area contributed by atoms with Gasteiger partial charge in [0.15, 0.2) is 5.96 Å². The van der Waals surface area contributed by atoms with Crippen LogP contribution in [0.25, 0.3) is 0 Å². The van der Waals surface area contributed by atoms with E-state index in [0.29, 0.717) is 6.54 Å². The number of hydrogen-bond acceptors (Lipinski definition) is 1. The van der Waals surface area contributed by atoms with Crippen LogP contribution in [0.3, 0.4) is 0 Å². The van der Waals surface area contributed by atoms with Crippen molar-refractivity contribution < 1.29 is 4.39 Å². The summed E-state index contributed by atoms with van der Waals surface area (Å²) >= 11 is 0. The van der Waals surface area contributed by atoms with Crippen molar-refractivity contribution in [1.29, 1.82) is 0 Å². The van der Waals surface area contributed by atoms with Crippen LogP contribution in [-0.4, -0.2) is 18.0 Å². The fourth-order valence-corrected chi connectivity index (χ4v) is 1.42. The molecule has 108 valence electrons. The van der Waals surface area contributed by atoms with E-state index in [4.69, 9.17) is 0 Å². The summed E-state index contributed by atoms with van der Waals surface area (Å²) in [5, 5.41) is 6.49. The third-order valence-corrected chi connectivity index (χ3v) is 2.17. The molecule has 19 heavy (non-hydrogen) atoms. The molecule has 0 spiro atoms. The maximum atomic E-state index is 12.8. The van der Waals surface area contributed by atoms with Gasteiger partial charge >= 0.3 is 0 Å². The maximum Gasteiger partial charge on any atom is 0.191 e. The number of guanidine groups is 1. The lowest BCUT2D eigenvalue weighted by atomic mass is 10.1. The SMILES string of the molecule is CCNC(=NCc1ccc(F)cc1)NC(C)(C)C.I. The quantitative estimate of drug-likeness (QED) is 0.481. The lowest BCUT2D eigenvalue weighted by Gasteiger charge is -2.23. The monoisotopic (exact) mass is 379 g/mol. The molecule has 1 rings (SSSR count). The molecule has 1 aromatic carbocycles. The maximum absolute atomic E-state index is 12.8. The van der Waals surface area contributed by atoms with Crippen molar-refractivity contribution in [3.63, 3.8) is 0 Å². The van der Waals surface area contributed by atoms with E-state index in [1.807, 2.05) is 6.92 Å². The van der Waals surface area contributed by atoms with Crippen LogP contribution in [0.5, 0.6) is 0 Å². The molecule has 0 bridgehead atoms. The van der Waals surface area contributed by atoms with Crippen LogP contribution in [0.4, 0.5) is 4.39 Å². The Morgan fingerprint density at radius 3 is 2.26 bits per heavy atom. The van der Waals surface area contributed by atoms with E-state index in [-0.39, 0.29) is 35.3 Å². The van der Waals surface area contributed by atoms with E-state index in [1.165, 1.54) is 12.1 Å². The molecule has 0 atom stereocenters. The highest BCUT2D eigenvalue weighted by atomic mass is 127. The summed E-state index contributed by atoms with van der Waals surface area (Å²) in [4.78, 5) is 4.47. The normalized spacial score (nSPS) is 11.7. The Balaban J connectivity index is 0.00000324. The van der Waals surface area contributed by atoms with E-state index < -0.39 is 0 Å². The molecule has 0 aromatic heterocycles. The zero-order valence-electron chi connectivity index (χ0n) is 12.0. The Morgan fingerprint density at radius 1 is 1.21 bits per heavy atom. The van der Waals surface area contributed by atoms with E-state index in [1.54, 1.807) is 12.1 Å². The topological polar surface area (TPSA) is 36.4 Å². The minimum Gasteiger partial charge on any atom is -0.357 e. The van der Waals surface area contributed by atoms with E-state index in [9.17, 15) is 4.39 Å². The molecule has 0 heterocycles. The lowest BCUT2D eigenvalue weighted by molar-refractivity contribution is 0.501. The minimum atomic E-state index is -0.220. The van der Waals surface area contributed by atoms with E-state index in [2.05, 4.69) is 36.4 Å². The van der Waals surface area contributed by atoms with Crippen LogP contribution in [-0.2, 0) is 6.54 Å². The van der Waals surface area contributed by atoms with Gasteiger partial charge in [-0.05, 0) is 45.4 Å². The number of hydrogen-bond donors (Lipinski definition) is 2. The second-order valence-electron chi connectivity index (χ2n) is 5.20. The summed E-state index contributed by atoms with van der Waals surface area (Å²) in [7, 11) is 0. The summed E-state index contributed by atoms with van der Waals surface area (Å²) < 4.78 is 12.8. The molecule has 0 saturated heterocycles. The van der Waals surface area contributed by atoms with Gasteiger partial charge < -0.3 is 10.6 Å². The molecule has 3 nitrogen and oxygen atoms in total. The van der Waals surface area contributed by atoms with Crippen molar-refractivity contribution in [2.45, 2.75) is 39.8 Å². The second kappa shape index (κ2) is 8.35. The molecule has 0 fully saturated rings. The van der Waals surface area contributed by atoms with Crippen molar-refractivity contribution in [3.8, 4) is 0 Å². The molecule has 1 aromatic rings. The van der Waals surface area contributed by atoms with Gasteiger partial charge in [-0.25, -0.2) is 9.38 Å². The van der Waals surface area contributed by atoms with Crippen molar-refractivity contribution in [2.75, 3.05) is 6.54 Å². The second-order valence-corrected chi connectivity index (χ2v) is 5.20. The summed E-state index contributed by atoms with van der Waals surface area (Å²) in [6, 6.07) is 6.41. The Bertz CT molecular complexity index is 396. The Hall–Kier alpha value is -0.850. The molecule has 0 aliphatic heterocycles. The van der Waals surface area contributed by atoms with Crippen molar-refractivity contribution >= 4 is 29.9 Å². The van der Waals surface area contributed by atoms with Gasteiger partial charge in [0.25, 0.3) is 0 Å². The molecule has 0 saturated carbocycles. The fraction of sp³-hybridized carbons (Fsp3) is 0.500. The predicted octanol–water partition coefficient (Wildman–Crippen LogP) is 3.30. The van der Waals surface area contributed by atoms with Crippen LogP contribution in [0, 0.1) is 5.82 Å². The molecular weight excluding hydrogens is 356 g/mol. The number of rotatable bonds is 3. The van der Waals surface area contributed by atoms with E-state index in [0.717, 1.165) is 18.1 Å². The molecule has 2 N–H and O–H groups in total. The van der Waals surface area contributed by atoms with Gasteiger partial charge in [-0.15, -0.1) is 24.0 Å². The summed E-state index contributed by atoms with van der Waals surface area (Å²) in [5.74, 6) is 0.553. The summed E-state index contributed by atoms with van der Waals surface area (Å²) in [5.41, 5.74) is 0.951. The number of halogens is 2. The lowest BCUT2D eigenvalue weighted by Crippen LogP contribution is -2.47. The fourth-order valence-electron chi connectivity index (χ4n) is 1.42. The highest BCUT2D eigenvalue weighted by Crippen LogP contribution is 2.04. The highest BCUT2D eigenvalue weighted by molar-refractivity contribution is 14.0. The Kier molecular flexibility index (Phi) is 7.97. The minimum absolute atomic E-state index is 0. The van der Waals surface area contributed by atoms with E-state index >= 15 is 0 Å². The Labute approximate surface area is 132 Å².